The van der Waals surface area contributed by atoms with Crippen molar-refractivity contribution in [1.29, 1.82) is 0 Å². The van der Waals surface area contributed by atoms with Crippen molar-refractivity contribution < 1.29 is 0 Å². The fourth-order valence-electron chi connectivity index (χ4n) is 2.89. The molecule has 0 spiro atoms. The zero-order valence-corrected chi connectivity index (χ0v) is 18.5. The summed E-state index contributed by atoms with van der Waals surface area (Å²) >= 11 is 0. The Morgan fingerprint density at radius 3 is 1.21 bits per heavy atom. The van der Waals surface area contributed by atoms with E-state index in [1.807, 2.05) is 0 Å². The Hall–Kier alpha value is -2.34. The zero-order chi connectivity index (χ0) is 20.6. The van der Waals surface area contributed by atoms with E-state index in [0.29, 0.717) is 5.41 Å². The number of hydrogen-bond donors (Lipinski definition) is 0. The van der Waals surface area contributed by atoms with Gasteiger partial charge in [-0.2, -0.15) is 0 Å². The van der Waals surface area contributed by atoms with Gasteiger partial charge in [-0.3, -0.25) is 0 Å². The Kier molecular flexibility index (Phi) is 8.05. The molecule has 1 fully saturated rings. The van der Waals surface area contributed by atoms with Crippen LogP contribution in [-0.2, 0) is 11.8 Å². The van der Waals surface area contributed by atoms with Crippen LogP contribution in [0.25, 0.3) is 0 Å². The van der Waals surface area contributed by atoms with Crippen molar-refractivity contribution in [3.05, 3.63) is 106 Å². The van der Waals surface area contributed by atoms with E-state index < -0.39 is 0 Å². The third-order valence-corrected chi connectivity index (χ3v) is 5.50. The van der Waals surface area contributed by atoms with Crippen molar-refractivity contribution in [3.8, 4) is 0 Å². The molecule has 28 heavy (non-hydrogen) atoms. The molecule has 0 heterocycles. The lowest BCUT2D eigenvalue weighted by molar-refractivity contribution is 0.787. The van der Waals surface area contributed by atoms with Gasteiger partial charge in [0.05, 0.1) is 0 Å². The van der Waals surface area contributed by atoms with E-state index in [1.165, 1.54) is 46.2 Å². The molecule has 0 N–H and O–H groups in total. The molecule has 3 aromatic carbocycles. The first-order chi connectivity index (χ1) is 13.3. The maximum atomic E-state index is 2.34. The lowest BCUT2D eigenvalue weighted by Crippen LogP contribution is -1.98. The van der Waals surface area contributed by atoms with Crippen LogP contribution in [0.4, 0.5) is 0 Å². The van der Waals surface area contributed by atoms with Crippen LogP contribution in [0.5, 0.6) is 0 Å². The molecule has 0 aromatic heterocycles. The van der Waals surface area contributed by atoms with Crippen molar-refractivity contribution in [2.45, 2.75) is 66.2 Å². The molecule has 148 valence electrons. The van der Waals surface area contributed by atoms with Gasteiger partial charge >= 0.3 is 0 Å². The van der Waals surface area contributed by atoms with Gasteiger partial charge in [-0.15, -0.1) is 0 Å². The summed E-state index contributed by atoms with van der Waals surface area (Å²) in [6.07, 6.45) is 3.88. The number of aryl methyl sites for hydroxylation is 5. The van der Waals surface area contributed by atoms with Gasteiger partial charge in [0, 0.05) is 0 Å². The van der Waals surface area contributed by atoms with Crippen LogP contribution in [0.3, 0.4) is 0 Å². The van der Waals surface area contributed by atoms with Crippen LogP contribution in [0.15, 0.2) is 72.8 Å². The minimum atomic E-state index is 0.535. The van der Waals surface area contributed by atoms with Crippen LogP contribution >= 0.6 is 0 Å². The highest BCUT2D eigenvalue weighted by atomic mass is 14.4. The van der Waals surface area contributed by atoms with Crippen molar-refractivity contribution in [3.63, 3.8) is 0 Å². The SMILES string of the molecule is CCc1ccc(C)cc1.Cc1ccc(C)cc1.Cc1ccc(C2(C)CC2)cc1. The first-order valence-corrected chi connectivity index (χ1v) is 10.5. The minimum absolute atomic E-state index is 0.535. The third-order valence-electron chi connectivity index (χ3n) is 5.50. The summed E-state index contributed by atoms with van der Waals surface area (Å²) in [5.41, 5.74) is 8.83. The second-order valence-corrected chi connectivity index (χ2v) is 8.42. The number of benzene rings is 3. The predicted molar refractivity (Wildman–Crippen MR) is 124 cm³/mol. The summed E-state index contributed by atoms with van der Waals surface area (Å²) in [6, 6.07) is 26.1. The van der Waals surface area contributed by atoms with Crippen molar-refractivity contribution >= 4 is 0 Å². The maximum Gasteiger partial charge on any atom is -0.00746 e. The fraction of sp³-hybridized carbons (Fsp3) is 0.357. The second-order valence-electron chi connectivity index (χ2n) is 8.42. The van der Waals surface area contributed by atoms with Crippen molar-refractivity contribution in [2.24, 2.45) is 0 Å². The second kappa shape index (κ2) is 10.3. The average Bonchev–Trinajstić information content (AvgIpc) is 3.45. The summed E-state index contributed by atoms with van der Waals surface area (Å²) in [7, 11) is 0. The van der Waals surface area contributed by atoms with Crippen LogP contribution in [-0.4, -0.2) is 0 Å². The molecule has 0 aliphatic heterocycles. The van der Waals surface area contributed by atoms with Crippen LogP contribution in [0.1, 0.15) is 60.1 Å². The highest BCUT2D eigenvalue weighted by Crippen LogP contribution is 2.47. The molecule has 0 radical (unpaired) electrons. The minimum Gasteiger partial charge on any atom is -0.0613 e. The molecule has 0 amide bonds. The van der Waals surface area contributed by atoms with E-state index in [1.54, 1.807) is 0 Å². The van der Waals surface area contributed by atoms with Crippen LogP contribution in [0.2, 0.25) is 0 Å². The first-order valence-electron chi connectivity index (χ1n) is 10.5. The Morgan fingerprint density at radius 1 is 0.571 bits per heavy atom. The molecule has 0 bridgehead atoms. The lowest BCUT2D eigenvalue weighted by atomic mass is 9.98. The van der Waals surface area contributed by atoms with E-state index in [-0.39, 0.29) is 0 Å². The fourth-order valence-corrected chi connectivity index (χ4v) is 2.89. The molecule has 1 saturated carbocycles. The smallest absolute Gasteiger partial charge is 0.00746 e. The standard InChI is InChI=1S/C11H14.C9H12.C8H10/c1-9-3-5-10(6-4-9)11(2)7-8-11;1-3-9-6-4-8(2)5-7-9;1-7-3-5-8(2)6-4-7/h3-6H,7-8H2,1-2H3;4-7H,3H2,1-2H3;3-6H,1-2H3. The normalized spacial score (nSPS) is 13.5. The molecular weight excluding hydrogens is 336 g/mol. The van der Waals surface area contributed by atoms with Crippen molar-refractivity contribution in [2.75, 3.05) is 0 Å². The summed E-state index contributed by atoms with van der Waals surface area (Å²) in [5.74, 6) is 0. The van der Waals surface area contributed by atoms with Gasteiger partial charge in [0.25, 0.3) is 0 Å². The summed E-state index contributed by atoms with van der Waals surface area (Å²) < 4.78 is 0. The monoisotopic (exact) mass is 372 g/mol. The average molecular weight is 373 g/mol. The van der Waals surface area contributed by atoms with Gasteiger partial charge in [-0.25, -0.2) is 0 Å². The van der Waals surface area contributed by atoms with E-state index >= 15 is 0 Å². The molecular formula is C28H36. The summed E-state index contributed by atoms with van der Waals surface area (Å²) in [4.78, 5) is 0. The molecule has 0 heteroatoms. The Labute approximate surface area is 172 Å². The number of rotatable bonds is 2. The van der Waals surface area contributed by atoms with Crippen LogP contribution in [0, 0.1) is 27.7 Å². The van der Waals surface area contributed by atoms with E-state index in [2.05, 4.69) is 114 Å². The molecule has 1 aliphatic carbocycles. The topological polar surface area (TPSA) is 0 Å². The largest absolute Gasteiger partial charge is 0.0613 e. The Bertz CT molecular complexity index is 796. The van der Waals surface area contributed by atoms with E-state index in [0.717, 1.165) is 6.42 Å². The van der Waals surface area contributed by atoms with E-state index in [9.17, 15) is 0 Å². The summed E-state index contributed by atoms with van der Waals surface area (Å²) in [6.45, 7) is 13.0. The Morgan fingerprint density at radius 2 is 0.893 bits per heavy atom. The Balaban J connectivity index is 0.000000153. The molecule has 3 aromatic rings. The summed E-state index contributed by atoms with van der Waals surface area (Å²) in [5, 5.41) is 0. The molecule has 4 rings (SSSR count). The van der Waals surface area contributed by atoms with Gasteiger partial charge in [-0.05, 0) is 63.5 Å². The first kappa shape index (κ1) is 22.0. The molecule has 0 unspecified atom stereocenters. The van der Waals surface area contributed by atoms with Crippen LogP contribution < -0.4 is 0 Å². The zero-order valence-electron chi connectivity index (χ0n) is 18.5. The van der Waals surface area contributed by atoms with Gasteiger partial charge < -0.3 is 0 Å². The molecule has 0 saturated heterocycles. The lowest BCUT2D eigenvalue weighted by Gasteiger charge is -2.07. The quantitative estimate of drug-likeness (QED) is 0.429. The van der Waals surface area contributed by atoms with E-state index in [4.69, 9.17) is 0 Å². The number of hydrogen-bond acceptors (Lipinski definition) is 0. The molecule has 1 aliphatic rings. The predicted octanol–water partition coefficient (Wildman–Crippen LogP) is 7.91. The van der Waals surface area contributed by atoms with Gasteiger partial charge in [0.2, 0.25) is 0 Å². The van der Waals surface area contributed by atoms with Gasteiger partial charge in [-0.1, -0.05) is 109 Å². The molecule has 0 atom stereocenters. The highest BCUT2D eigenvalue weighted by Gasteiger charge is 2.38. The molecule has 0 nitrogen and oxygen atoms in total. The van der Waals surface area contributed by atoms with Gasteiger partial charge in [0.1, 0.15) is 0 Å². The third kappa shape index (κ3) is 7.35. The maximum absolute atomic E-state index is 2.34. The highest BCUT2D eigenvalue weighted by molar-refractivity contribution is 5.32. The van der Waals surface area contributed by atoms with Gasteiger partial charge in [0.15, 0.2) is 0 Å². The van der Waals surface area contributed by atoms with Crippen molar-refractivity contribution in [1.82, 2.24) is 0 Å².